The third kappa shape index (κ3) is 2.04. The molecule has 1 atom stereocenters. The van der Waals surface area contributed by atoms with E-state index in [-0.39, 0.29) is 6.42 Å². The van der Waals surface area contributed by atoms with Gasteiger partial charge in [0.05, 0.1) is 0 Å². The van der Waals surface area contributed by atoms with Crippen LogP contribution in [0.2, 0.25) is 0 Å². The van der Waals surface area contributed by atoms with Crippen molar-refractivity contribution in [2.24, 2.45) is 11.6 Å². The SMILES string of the molecule is C=CCC(N)(C(=O)O)N(N)CC. The van der Waals surface area contributed by atoms with E-state index in [1.807, 2.05) is 0 Å². The molecule has 0 radical (unpaired) electrons. The summed E-state index contributed by atoms with van der Waals surface area (Å²) in [6, 6.07) is 0. The molecule has 0 aromatic rings. The highest BCUT2D eigenvalue weighted by atomic mass is 16.4. The summed E-state index contributed by atoms with van der Waals surface area (Å²) in [6.07, 6.45) is 1.55. The number of rotatable bonds is 5. The van der Waals surface area contributed by atoms with Crippen molar-refractivity contribution < 1.29 is 9.90 Å². The highest BCUT2D eigenvalue weighted by Gasteiger charge is 2.36. The predicted octanol–water partition coefficient (Wildman–Crippen LogP) is -0.502. The molecule has 5 nitrogen and oxygen atoms in total. The van der Waals surface area contributed by atoms with E-state index < -0.39 is 11.6 Å². The Bertz CT molecular complexity index is 183. The van der Waals surface area contributed by atoms with Gasteiger partial charge >= 0.3 is 5.97 Å². The van der Waals surface area contributed by atoms with Crippen LogP contribution in [0, 0.1) is 0 Å². The van der Waals surface area contributed by atoms with Gasteiger partial charge in [-0.05, 0) is 0 Å². The van der Waals surface area contributed by atoms with E-state index in [0.29, 0.717) is 6.54 Å². The van der Waals surface area contributed by atoms with Gasteiger partial charge in [0.1, 0.15) is 0 Å². The third-order valence-electron chi connectivity index (χ3n) is 1.68. The first kappa shape index (κ1) is 11.1. The first-order valence-electron chi connectivity index (χ1n) is 3.64. The summed E-state index contributed by atoms with van der Waals surface area (Å²) < 4.78 is 0. The minimum atomic E-state index is -1.53. The summed E-state index contributed by atoms with van der Waals surface area (Å²) in [4.78, 5) is 10.7. The van der Waals surface area contributed by atoms with E-state index in [4.69, 9.17) is 16.7 Å². The molecule has 0 aromatic heterocycles. The largest absolute Gasteiger partial charge is 0.479 e. The van der Waals surface area contributed by atoms with Crippen molar-refractivity contribution >= 4 is 5.97 Å². The molecule has 0 fully saturated rings. The number of hydrazine groups is 1. The van der Waals surface area contributed by atoms with Crippen molar-refractivity contribution in [3.05, 3.63) is 12.7 Å². The number of nitrogens with zero attached hydrogens (tertiary/aromatic N) is 1. The molecule has 0 rings (SSSR count). The molecule has 0 aliphatic heterocycles. The van der Waals surface area contributed by atoms with Gasteiger partial charge in [-0.2, -0.15) is 0 Å². The quantitative estimate of drug-likeness (QED) is 0.225. The van der Waals surface area contributed by atoms with Crippen LogP contribution in [-0.4, -0.2) is 28.3 Å². The first-order valence-corrected chi connectivity index (χ1v) is 3.64. The monoisotopic (exact) mass is 173 g/mol. The van der Waals surface area contributed by atoms with Crippen molar-refractivity contribution in [2.45, 2.75) is 19.0 Å². The molecule has 0 bridgehead atoms. The number of carbonyl (C=O) groups is 1. The number of hydrogen-bond donors (Lipinski definition) is 3. The van der Waals surface area contributed by atoms with Crippen LogP contribution in [0.1, 0.15) is 13.3 Å². The number of aliphatic carboxylic acids is 1. The minimum Gasteiger partial charge on any atom is -0.479 e. The number of hydrogen-bond acceptors (Lipinski definition) is 4. The van der Waals surface area contributed by atoms with Gasteiger partial charge in [0.2, 0.25) is 0 Å². The van der Waals surface area contributed by atoms with Crippen LogP contribution in [0.5, 0.6) is 0 Å². The molecule has 0 amide bonds. The topological polar surface area (TPSA) is 92.6 Å². The Kier molecular flexibility index (Phi) is 3.88. The van der Waals surface area contributed by atoms with Crippen LogP contribution >= 0.6 is 0 Å². The lowest BCUT2D eigenvalue weighted by atomic mass is 10.1. The molecule has 5 heteroatoms. The fraction of sp³-hybridized carbons (Fsp3) is 0.571. The Hall–Kier alpha value is -0.910. The van der Waals surface area contributed by atoms with E-state index in [0.717, 1.165) is 5.01 Å². The fourth-order valence-electron chi connectivity index (χ4n) is 0.830. The molecule has 0 aliphatic rings. The Morgan fingerprint density at radius 2 is 2.33 bits per heavy atom. The molecule has 0 aliphatic carbocycles. The van der Waals surface area contributed by atoms with Gasteiger partial charge in [-0.1, -0.05) is 13.0 Å². The molecular formula is C7H15N3O2. The molecule has 12 heavy (non-hydrogen) atoms. The molecule has 0 saturated heterocycles. The molecule has 0 saturated carbocycles. The Labute approximate surface area is 71.6 Å². The van der Waals surface area contributed by atoms with Crippen molar-refractivity contribution in [1.29, 1.82) is 0 Å². The number of nitrogens with two attached hydrogens (primary N) is 2. The zero-order valence-electron chi connectivity index (χ0n) is 7.16. The lowest BCUT2D eigenvalue weighted by Crippen LogP contribution is -2.64. The van der Waals surface area contributed by atoms with Crippen LogP contribution < -0.4 is 11.6 Å². The molecule has 0 aromatic carbocycles. The summed E-state index contributed by atoms with van der Waals surface area (Å²) >= 11 is 0. The van der Waals surface area contributed by atoms with Crippen molar-refractivity contribution in [3.63, 3.8) is 0 Å². The highest BCUT2D eigenvalue weighted by molar-refractivity contribution is 5.78. The van der Waals surface area contributed by atoms with Crippen LogP contribution in [0.3, 0.4) is 0 Å². The van der Waals surface area contributed by atoms with Gasteiger partial charge in [-0.3, -0.25) is 5.84 Å². The maximum Gasteiger partial charge on any atom is 0.340 e. The van der Waals surface area contributed by atoms with E-state index in [9.17, 15) is 4.79 Å². The standard InChI is InChI=1S/C7H15N3O2/c1-3-5-7(8,6(11)12)10(9)4-2/h3H,1,4-5,8-9H2,2H3,(H,11,12). The minimum absolute atomic E-state index is 0.118. The Balaban J connectivity index is 4.59. The normalized spacial score (nSPS) is 15.7. The average molecular weight is 173 g/mol. The van der Waals surface area contributed by atoms with Gasteiger partial charge < -0.3 is 10.8 Å². The smallest absolute Gasteiger partial charge is 0.340 e. The molecule has 5 N–H and O–H groups in total. The molecule has 70 valence electrons. The highest BCUT2D eigenvalue weighted by Crippen LogP contribution is 2.10. The fourth-order valence-corrected chi connectivity index (χ4v) is 0.830. The van der Waals surface area contributed by atoms with Crippen molar-refractivity contribution in [1.82, 2.24) is 5.01 Å². The number of carboxylic acids is 1. The lowest BCUT2D eigenvalue weighted by Gasteiger charge is -2.32. The molecule has 0 spiro atoms. The van der Waals surface area contributed by atoms with Gasteiger partial charge in [-0.15, -0.1) is 6.58 Å². The van der Waals surface area contributed by atoms with Crippen molar-refractivity contribution in [3.8, 4) is 0 Å². The average Bonchev–Trinajstić information content (AvgIpc) is 2.03. The van der Waals surface area contributed by atoms with E-state index in [1.165, 1.54) is 6.08 Å². The second-order valence-electron chi connectivity index (χ2n) is 2.51. The summed E-state index contributed by atoms with van der Waals surface area (Å²) in [5, 5.41) is 9.85. The van der Waals surface area contributed by atoms with E-state index in [1.54, 1.807) is 6.92 Å². The van der Waals surface area contributed by atoms with Gasteiger partial charge in [0.15, 0.2) is 5.66 Å². The van der Waals surface area contributed by atoms with Crippen LogP contribution in [0.15, 0.2) is 12.7 Å². The van der Waals surface area contributed by atoms with Gasteiger partial charge in [-0.25, -0.2) is 9.80 Å². The lowest BCUT2D eigenvalue weighted by molar-refractivity contribution is -0.151. The molecular weight excluding hydrogens is 158 g/mol. The molecule has 1 unspecified atom stereocenters. The Morgan fingerprint density at radius 3 is 2.58 bits per heavy atom. The van der Waals surface area contributed by atoms with E-state index >= 15 is 0 Å². The summed E-state index contributed by atoms with van der Waals surface area (Å²) in [6.45, 7) is 5.52. The summed E-state index contributed by atoms with van der Waals surface area (Å²) in [7, 11) is 0. The third-order valence-corrected chi connectivity index (χ3v) is 1.68. The number of likely N-dealkylation sites (N-methyl/N-ethyl adjacent to an activating group) is 1. The van der Waals surface area contributed by atoms with Gasteiger partial charge in [0, 0.05) is 13.0 Å². The maximum absolute atomic E-state index is 10.7. The van der Waals surface area contributed by atoms with Crippen molar-refractivity contribution in [2.75, 3.05) is 6.54 Å². The summed E-state index contributed by atoms with van der Waals surface area (Å²) in [5.74, 6) is 4.27. The second kappa shape index (κ2) is 4.20. The second-order valence-corrected chi connectivity index (χ2v) is 2.51. The van der Waals surface area contributed by atoms with E-state index in [2.05, 4.69) is 6.58 Å². The predicted molar refractivity (Wildman–Crippen MR) is 45.9 cm³/mol. The summed E-state index contributed by atoms with van der Waals surface area (Å²) in [5.41, 5.74) is 4.00. The zero-order valence-corrected chi connectivity index (χ0v) is 7.16. The van der Waals surface area contributed by atoms with Crippen LogP contribution in [0.4, 0.5) is 0 Å². The Morgan fingerprint density at radius 1 is 1.83 bits per heavy atom. The maximum atomic E-state index is 10.7. The van der Waals surface area contributed by atoms with Crippen LogP contribution in [0.25, 0.3) is 0 Å². The van der Waals surface area contributed by atoms with Gasteiger partial charge in [0.25, 0.3) is 0 Å². The van der Waals surface area contributed by atoms with Crippen LogP contribution in [-0.2, 0) is 4.79 Å². The zero-order chi connectivity index (χ0) is 9.78. The number of carboxylic acid groups (broad SMARTS) is 1. The molecule has 0 heterocycles. The first-order chi connectivity index (χ1) is 5.49.